The maximum Gasteiger partial charge on any atom is 0.256 e. The molecule has 172 valence electrons. The molecule has 1 amide bonds. The second-order valence-corrected chi connectivity index (χ2v) is 8.66. The van der Waals surface area contributed by atoms with Crippen molar-refractivity contribution < 1.29 is 18.3 Å². The Balaban J connectivity index is 1.29. The van der Waals surface area contributed by atoms with E-state index in [4.69, 9.17) is 15.9 Å². The van der Waals surface area contributed by atoms with Crippen molar-refractivity contribution in [3.8, 4) is 11.1 Å². The molecule has 35 heavy (non-hydrogen) atoms. The van der Waals surface area contributed by atoms with E-state index in [1.54, 1.807) is 36.4 Å². The fourth-order valence-corrected chi connectivity index (χ4v) is 4.79. The molecule has 4 N–H and O–H groups in total. The number of carbonyl (C=O) groups is 1. The van der Waals surface area contributed by atoms with Crippen LogP contribution in [0.5, 0.6) is 0 Å². The summed E-state index contributed by atoms with van der Waals surface area (Å²) in [5.74, 6) is -1.68. The van der Waals surface area contributed by atoms with Crippen molar-refractivity contribution in [1.29, 1.82) is 5.41 Å². The van der Waals surface area contributed by atoms with E-state index in [0.29, 0.717) is 27.9 Å². The third-order valence-electron chi connectivity index (χ3n) is 6.52. The largest absolute Gasteiger partial charge is 0.399 e. The van der Waals surface area contributed by atoms with E-state index in [1.165, 1.54) is 12.1 Å². The van der Waals surface area contributed by atoms with E-state index in [1.807, 2.05) is 24.3 Å². The van der Waals surface area contributed by atoms with Crippen molar-refractivity contribution in [3.05, 3.63) is 124 Å². The maximum absolute atomic E-state index is 14.4. The summed E-state index contributed by atoms with van der Waals surface area (Å²) in [6, 6.07) is 21.2. The molecule has 4 aromatic rings. The number of rotatable bonds is 3. The molecule has 6 rings (SSSR count). The van der Waals surface area contributed by atoms with Crippen LogP contribution in [-0.2, 0) is 4.74 Å². The van der Waals surface area contributed by atoms with Crippen molar-refractivity contribution in [1.82, 2.24) is 5.32 Å². The van der Waals surface area contributed by atoms with Gasteiger partial charge in [0.1, 0.15) is 29.7 Å². The Morgan fingerprint density at radius 1 is 0.800 bits per heavy atom. The molecule has 2 atom stereocenters. The standard InChI is InChI=1S/C28H19F2N3O2/c29-17-5-10-19(24(30)13-17)15-3-8-20-22(11-15)26-23-12-16(4-9-21(23)25(20)35-26)28(34)33-27(32)14-1-6-18(31)7-2-14/h1-13,25-26H,31H2,(H2,32,33,34)/t25-,26+/m0/s1. The number of benzene rings is 4. The molecule has 7 heteroatoms. The number of hydrogen-bond donors (Lipinski definition) is 3. The molecule has 0 aliphatic carbocycles. The van der Waals surface area contributed by atoms with Gasteiger partial charge in [0, 0.05) is 28.4 Å². The van der Waals surface area contributed by atoms with Gasteiger partial charge in [0.25, 0.3) is 5.91 Å². The van der Waals surface area contributed by atoms with E-state index in [2.05, 4.69) is 5.32 Å². The van der Waals surface area contributed by atoms with Gasteiger partial charge in [-0.3, -0.25) is 10.2 Å². The summed E-state index contributed by atoms with van der Waals surface area (Å²) in [4.78, 5) is 12.9. The Kier molecular flexibility index (Phi) is 4.76. The van der Waals surface area contributed by atoms with Crippen LogP contribution in [0.2, 0.25) is 0 Å². The predicted octanol–water partition coefficient (Wildman–Crippen LogP) is 5.49. The van der Waals surface area contributed by atoms with Crippen LogP contribution in [0.4, 0.5) is 14.5 Å². The van der Waals surface area contributed by atoms with E-state index in [0.717, 1.165) is 28.3 Å². The molecule has 0 saturated heterocycles. The van der Waals surface area contributed by atoms with E-state index < -0.39 is 23.6 Å². The number of fused-ring (bicyclic) bond motifs is 8. The normalized spacial score (nSPS) is 17.1. The monoisotopic (exact) mass is 467 g/mol. The molecule has 2 aliphatic rings. The van der Waals surface area contributed by atoms with Crippen LogP contribution in [-0.4, -0.2) is 11.7 Å². The molecule has 0 saturated carbocycles. The number of amidine groups is 1. The van der Waals surface area contributed by atoms with Gasteiger partial charge in [0.2, 0.25) is 0 Å². The lowest BCUT2D eigenvalue weighted by atomic mass is 9.83. The van der Waals surface area contributed by atoms with E-state index >= 15 is 0 Å². The number of halogens is 2. The van der Waals surface area contributed by atoms with Gasteiger partial charge in [-0.05, 0) is 82.4 Å². The second-order valence-electron chi connectivity index (χ2n) is 8.66. The smallest absolute Gasteiger partial charge is 0.256 e. The Labute approximate surface area is 199 Å². The van der Waals surface area contributed by atoms with Gasteiger partial charge in [-0.1, -0.05) is 18.2 Å². The first-order valence-corrected chi connectivity index (χ1v) is 11.0. The van der Waals surface area contributed by atoms with Crippen LogP contribution in [0.25, 0.3) is 11.1 Å². The molecule has 0 unspecified atom stereocenters. The number of hydrogen-bond acceptors (Lipinski definition) is 4. The van der Waals surface area contributed by atoms with Crippen molar-refractivity contribution in [2.75, 3.05) is 5.73 Å². The summed E-state index contributed by atoms with van der Waals surface area (Å²) in [5, 5.41) is 10.8. The molecule has 0 radical (unpaired) electrons. The zero-order valence-corrected chi connectivity index (χ0v) is 18.3. The zero-order valence-electron chi connectivity index (χ0n) is 18.3. The first-order chi connectivity index (χ1) is 16.9. The SMILES string of the molecule is N=C(NC(=O)c1ccc2c(c1)[C@@H]1O[C@H]2c2ccc(-c3ccc(F)cc3F)cc21)c1ccc(N)cc1. The third-order valence-corrected chi connectivity index (χ3v) is 6.52. The fraction of sp³-hybridized carbons (Fsp3) is 0.0714. The molecular weight excluding hydrogens is 448 g/mol. The zero-order chi connectivity index (χ0) is 24.3. The van der Waals surface area contributed by atoms with E-state index in [-0.39, 0.29) is 11.9 Å². The molecule has 0 fully saturated rings. The number of nitrogens with one attached hydrogen (secondary N) is 2. The summed E-state index contributed by atoms with van der Waals surface area (Å²) in [5.41, 5.74) is 11.9. The van der Waals surface area contributed by atoms with Crippen molar-refractivity contribution in [2.45, 2.75) is 12.2 Å². The van der Waals surface area contributed by atoms with E-state index in [9.17, 15) is 13.6 Å². The minimum Gasteiger partial charge on any atom is -0.399 e. The highest BCUT2D eigenvalue weighted by Crippen LogP contribution is 2.54. The number of amides is 1. The maximum atomic E-state index is 14.4. The number of carbonyl (C=O) groups excluding carboxylic acids is 1. The van der Waals surface area contributed by atoms with Gasteiger partial charge >= 0.3 is 0 Å². The van der Waals surface area contributed by atoms with Gasteiger partial charge in [-0.2, -0.15) is 0 Å². The Hall–Kier alpha value is -4.36. The second kappa shape index (κ2) is 7.85. The van der Waals surface area contributed by atoms with Crippen LogP contribution >= 0.6 is 0 Å². The fourth-order valence-electron chi connectivity index (χ4n) is 4.79. The molecule has 2 heterocycles. The Bertz CT molecular complexity index is 1530. The van der Waals surface area contributed by atoms with Crippen molar-refractivity contribution in [2.24, 2.45) is 0 Å². The average Bonchev–Trinajstić information content (AvgIpc) is 3.41. The summed E-state index contributed by atoms with van der Waals surface area (Å²) in [7, 11) is 0. The third kappa shape index (κ3) is 3.48. The summed E-state index contributed by atoms with van der Waals surface area (Å²) < 4.78 is 33.9. The van der Waals surface area contributed by atoms with Crippen molar-refractivity contribution >= 4 is 17.4 Å². The summed E-state index contributed by atoms with van der Waals surface area (Å²) in [6.07, 6.45) is -0.653. The quantitative estimate of drug-likeness (QED) is 0.211. The van der Waals surface area contributed by atoms with Gasteiger partial charge in [-0.15, -0.1) is 0 Å². The number of nitrogen functional groups attached to an aromatic ring is 1. The van der Waals surface area contributed by atoms with Crippen LogP contribution in [0.15, 0.2) is 78.9 Å². The highest BCUT2D eigenvalue weighted by atomic mass is 19.1. The van der Waals surface area contributed by atoms with Crippen molar-refractivity contribution in [3.63, 3.8) is 0 Å². The van der Waals surface area contributed by atoms with Crippen LogP contribution in [0.3, 0.4) is 0 Å². The molecule has 0 spiro atoms. The number of anilines is 1. The molecule has 2 aliphatic heterocycles. The van der Waals surface area contributed by atoms with Crippen LogP contribution < -0.4 is 11.1 Å². The molecular formula is C28H19F2N3O2. The number of ether oxygens (including phenoxy) is 1. The minimum atomic E-state index is -0.628. The highest BCUT2D eigenvalue weighted by Gasteiger charge is 2.43. The predicted molar refractivity (Wildman–Crippen MR) is 128 cm³/mol. The van der Waals surface area contributed by atoms with Gasteiger partial charge < -0.3 is 15.8 Å². The van der Waals surface area contributed by atoms with Crippen LogP contribution in [0, 0.1) is 17.0 Å². The lowest BCUT2D eigenvalue weighted by Gasteiger charge is -2.18. The van der Waals surface area contributed by atoms with Gasteiger partial charge in [0.15, 0.2) is 0 Å². The average molecular weight is 467 g/mol. The lowest BCUT2D eigenvalue weighted by Crippen LogP contribution is -2.30. The molecule has 2 bridgehead atoms. The molecule has 5 nitrogen and oxygen atoms in total. The topological polar surface area (TPSA) is 88.2 Å². The lowest BCUT2D eigenvalue weighted by molar-refractivity contribution is 0.0857. The Morgan fingerprint density at radius 2 is 1.46 bits per heavy atom. The highest BCUT2D eigenvalue weighted by molar-refractivity contribution is 6.11. The Morgan fingerprint density at radius 3 is 2.20 bits per heavy atom. The van der Waals surface area contributed by atoms with Gasteiger partial charge in [0.05, 0.1) is 0 Å². The molecule has 0 aromatic heterocycles. The summed E-state index contributed by atoms with van der Waals surface area (Å²) >= 11 is 0. The first kappa shape index (κ1) is 21.2. The van der Waals surface area contributed by atoms with Gasteiger partial charge in [-0.25, -0.2) is 8.78 Å². The number of nitrogens with two attached hydrogens (primary N) is 1. The minimum absolute atomic E-state index is 0.0235. The van der Waals surface area contributed by atoms with Crippen LogP contribution in [0.1, 0.15) is 50.4 Å². The first-order valence-electron chi connectivity index (χ1n) is 11.0. The molecule has 4 aromatic carbocycles. The summed E-state index contributed by atoms with van der Waals surface area (Å²) in [6.45, 7) is 0.